The molecule has 0 aliphatic heterocycles. The van der Waals surface area contributed by atoms with Gasteiger partial charge in [0, 0.05) is 13.1 Å². The number of hydrogen-bond acceptors (Lipinski definition) is 4. The number of ether oxygens (including phenoxy) is 1. The van der Waals surface area contributed by atoms with Gasteiger partial charge in [0.05, 0.1) is 17.7 Å². The van der Waals surface area contributed by atoms with E-state index in [4.69, 9.17) is 9.29 Å². The minimum absolute atomic E-state index is 0.187. The van der Waals surface area contributed by atoms with Crippen LogP contribution in [0.2, 0.25) is 0 Å². The average molecular weight is 217 g/mol. The van der Waals surface area contributed by atoms with Crippen LogP contribution in [0.15, 0.2) is 23.1 Å². The van der Waals surface area contributed by atoms with Crippen molar-refractivity contribution in [1.29, 1.82) is 0 Å². The zero-order chi connectivity index (χ0) is 10.8. The third kappa shape index (κ3) is 2.15. The number of nitrogens with one attached hydrogen (secondary N) is 1. The highest BCUT2D eigenvalue weighted by Crippen LogP contribution is 2.26. The molecule has 0 aliphatic rings. The molecule has 0 aliphatic carbocycles. The monoisotopic (exact) mass is 217 g/mol. The summed E-state index contributed by atoms with van der Waals surface area (Å²) >= 11 is 0. The smallest absolute Gasteiger partial charge is 0.294 e. The van der Waals surface area contributed by atoms with Gasteiger partial charge in [0.1, 0.15) is 5.75 Å². The highest BCUT2D eigenvalue weighted by atomic mass is 32.2. The summed E-state index contributed by atoms with van der Waals surface area (Å²) in [4.78, 5) is -0.187. The van der Waals surface area contributed by atoms with Gasteiger partial charge in [-0.15, -0.1) is 0 Å². The summed E-state index contributed by atoms with van der Waals surface area (Å²) in [5, 5.41) is 2.82. The van der Waals surface area contributed by atoms with E-state index in [1.807, 2.05) is 0 Å². The lowest BCUT2D eigenvalue weighted by Gasteiger charge is -2.08. The Labute approximate surface area is 82.5 Å². The molecule has 0 spiro atoms. The van der Waals surface area contributed by atoms with Crippen molar-refractivity contribution in [3.8, 4) is 5.75 Å². The van der Waals surface area contributed by atoms with Crippen LogP contribution in [-0.4, -0.2) is 27.1 Å². The molecule has 0 atom stereocenters. The summed E-state index contributed by atoms with van der Waals surface area (Å²) in [5.41, 5.74) is 0.653. The predicted octanol–water partition coefficient (Wildman–Crippen LogP) is 0.984. The normalized spacial score (nSPS) is 11.1. The predicted molar refractivity (Wildman–Crippen MR) is 52.4 cm³/mol. The average Bonchev–Trinajstić information content (AvgIpc) is 2.15. The van der Waals surface area contributed by atoms with Gasteiger partial charge in [0.2, 0.25) is 0 Å². The number of benzene rings is 1. The van der Waals surface area contributed by atoms with E-state index in [0.29, 0.717) is 11.4 Å². The van der Waals surface area contributed by atoms with Gasteiger partial charge in [-0.1, -0.05) is 0 Å². The Morgan fingerprint density at radius 2 is 2.07 bits per heavy atom. The molecule has 14 heavy (non-hydrogen) atoms. The molecule has 0 radical (unpaired) electrons. The van der Waals surface area contributed by atoms with Crippen molar-refractivity contribution in [3.05, 3.63) is 18.2 Å². The van der Waals surface area contributed by atoms with Crippen molar-refractivity contribution >= 4 is 15.8 Å². The highest BCUT2D eigenvalue weighted by Gasteiger charge is 2.12. The molecule has 0 aromatic heterocycles. The van der Waals surface area contributed by atoms with Crippen molar-refractivity contribution < 1.29 is 17.7 Å². The second-order valence-electron chi connectivity index (χ2n) is 2.59. The van der Waals surface area contributed by atoms with Gasteiger partial charge in [-0.25, -0.2) is 0 Å². The first kappa shape index (κ1) is 10.8. The lowest BCUT2D eigenvalue weighted by atomic mass is 10.3. The van der Waals surface area contributed by atoms with Crippen LogP contribution >= 0.6 is 0 Å². The molecule has 1 rings (SSSR count). The van der Waals surface area contributed by atoms with Gasteiger partial charge in [-0.2, -0.15) is 8.42 Å². The molecule has 0 saturated carbocycles. The molecule has 1 aromatic carbocycles. The molecule has 0 saturated heterocycles. The zero-order valence-corrected chi connectivity index (χ0v) is 8.63. The van der Waals surface area contributed by atoms with Gasteiger partial charge in [-0.3, -0.25) is 4.55 Å². The van der Waals surface area contributed by atoms with E-state index in [-0.39, 0.29) is 4.90 Å². The maximum atomic E-state index is 10.8. The first-order valence-corrected chi connectivity index (χ1v) is 5.26. The Kier molecular flexibility index (Phi) is 2.97. The Balaban J connectivity index is 3.28. The quantitative estimate of drug-likeness (QED) is 0.738. The summed E-state index contributed by atoms with van der Waals surface area (Å²) in [6.45, 7) is 0. The van der Waals surface area contributed by atoms with Crippen LogP contribution < -0.4 is 10.1 Å². The number of hydrogen-bond donors (Lipinski definition) is 2. The summed E-state index contributed by atoms with van der Waals surface area (Å²) in [6, 6.07) is 4.06. The van der Waals surface area contributed by atoms with Gasteiger partial charge in [0.25, 0.3) is 10.1 Å². The summed E-state index contributed by atoms with van der Waals surface area (Å²) in [6.07, 6.45) is 0. The molecule has 2 N–H and O–H groups in total. The van der Waals surface area contributed by atoms with Crippen molar-refractivity contribution in [2.45, 2.75) is 4.90 Å². The van der Waals surface area contributed by atoms with Crippen LogP contribution in [0.1, 0.15) is 0 Å². The third-order valence-electron chi connectivity index (χ3n) is 1.74. The van der Waals surface area contributed by atoms with Crippen molar-refractivity contribution in [1.82, 2.24) is 0 Å². The molecule has 0 heterocycles. The second kappa shape index (κ2) is 3.85. The number of anilines is 1. The van der Waals surface area contributed by atoms with Crippen LogP contribution in [-0.2, 0) is 10.1 Å². The SMILES string of the molecule is CNc1ccc(S(=O)(=O)O)cc1OC. The molecular weight excluding hydrogens is 206 g/mol. The maximum absolute atomic E-state index is 10.8. The molecule has 78 valence electrons. The topological polar surface area (TPSA) is 75.6 Å². The fourth-order valence-electron chi connectivity index (χ4n) is 1.04. The first-order chi connectivity index (χ1) is 6.49. The summed E-state index contributed by atoms with van der Waals surface area (Å²) < 4.78 is 35.3. The van der Waals surface area contributed by atoms with E-state index in [1.54, 1.807) is 7.05 Å². The van der Waals surface area contributed by atoms with E-state index >= 15 is 0 Å². The standard InChI is InChI=1S/C8H11NO4S/c1-9-7-4-3-6(14(10,11)12)5-8(7)13-2/h3-5,9H,1-2H3,(H,10,11,12). The lowest BCUT2D eigenvalue weighted by molar-refractivity contribution is 0.414. The Morgan fingerprint density at radius 1 is 1.43 bits per heavy atom. The summed E-state index contributed by atoms with van der Waals surface area (Å²) in [5.74, 6) is 0.364. The third-order valence-corrected chi connectivity index (χ3v) is 2.59. The van der Waals surface area contributed by atoms with Crippen LogP contribution in [0.4, 0.5) is 5.69 Å². The fourth-order valence-corrected chi connectivity index (χ4v) is 1.53. The molecule has 0 unspecified atom stereocenters. The Hall–Kier alpha value is -1.27. The van der Waals surface area contributed by atoms with E-state index in [0.717, 1.165) is 0 Å². The van der Waals surface area contributed by atoms with Crippen molar-refractivity contribution in [2.24, 2.45) is 0 Å². The van der Waals surface area contributed by atoms with Gasteiger partial charge in [0.15, 0.2) is 0 Å². The van der Waals surface area contributed by atoms with Crippen LogP contribution in [0.3, 0.4) is 0 Å². The fraction of sp³-hybridized carbons (Fsp3) is 0.250. The molecule has 1 aromatic rings. The zero-order valence-electron chi connectivity index (χ0n) is 7.81. The van der Waals surface area contributed by atoms with Crippen LogP contribution in [0.5, 0.6) is 5.75 Å². The van der Waals surface area contributed by atoms with Gasteiger partial charge < -0.3 is 10.1 Å². The molecule has 5 nitrogen and oxygen atoms in total. The first-order valence-electron chi connectivity index (χ1n) is 3.82. The van der Waals surface area contributed by atoms with Gasteiger partial charge in [-0.05, 0) is 12.1 Å². The largest absolute Gasteiger partial charge is 0.495 e. The molecule has 0 fully saturated rings. The van der Waals surface area contributed by atoms with E-state index < -0.39 is 10.1 Å². The highest BCUT2D eigenvalue weighted by molar-refractivity contribution is 7.85. The van der Waals surface area contributed by atoms with E-state index in [9.17, 15) is 8.42 Å². The van der Waals surface area contributed by atoms with Gasteiger partial charge >= 0.3 is 0 Å². The van der Waals surface area contributed by atoms with E-state index in [1.165, 1.54) is 25.3 Å². The Bertz CT molecular complexity index is 427. The molecule has 6 heteroatoms. The van der Waals surface area contributed by atoms with Crippen LogP contribution in [0, 0.1) is 0 Å². The lowest BCUT2D eigenvalue weighted by Crippen LogP contribution is -2.00. The maximum Gasteiger partial charge on any atom is 0.294 e. The Morgan fingerprint density at radius 3 is 2.50 bits per heavy atom. The minimum Gasteiger partial charge on any atom is -0.495 e. The number of rotatable bonds is 3. The van der Waals surface area contributed by atoms with Crippen molar-refractivity contribution in [2.75, 3.05) is 19.5 Å². The molecular formula is C8H11NO4S. The minimum atomic E-state index is -4.17. The van der Waals surface area contributed by atoms with Crippen LogP contribution in [0.25, 0.3) is 0 Å². The molecule has 0 bridgehead atoms. The van der Waals surface area contributed by atoms with Crippen molar-refractivity contribution in [3.63, 3.8) is 0 Å². The molecule has 0 amide bonds. The second-order valence-corrected chi connectivity index (χ2v) is 4.01. The number of methoxy groups -OCH3 is 1. The van der Waals surface area contributed by atoms with E-state index in [2.05, 4.69) is 5.32 Å². The summed E-state index contributed by atoms with van der Waals surface area (Å²) in [7, 11) is -1.06.